The van der Waals surface area contributed by atoms with E-state index in [2.05, 4.69) is 68.8 Å². The predicted octanol–water partition coefficient (Wildman–Crippen LogP) is 8.93. The largest absolute Gasteiger partial charge is 1.00 e. The number of imidazole rings is 1. The number of hydrogen-bond donors (Lipinski definition) is 4. The van der Waals surface area contributed by atoms with Gasteiger partial charge < -0.3 is 42.9 Å². The number of aliphatic carboxylic acids is 1. The van der Waals surface area contributed by atoms with Gasteiger partial charge in [0.2, 0.25) is 0 Å². The highest BCUT2D eigenvalue weighted by Gasteiger charge is 2.13. The minimum Gasteiger partial charge on any atom is -1.00 e. The third-order valence-electron chi connectivity index (χ3n) is 9.99. The average molecular weight is 930 g/mol. The SMILES string of the molecule is CCCCCCCCCCCCCCCC[n+]1ccccc1.CN(C)c1ccccn1.N[C@@H](Cc1ccccc1Cl)C(=O)O.Oc1ccc(O)cc1.[Cl-].c1ccc(Cn2ccnc2)cc1. The predicted molar refractivity (Wildman–Crippen MR) is 264 cm³/mol. The van der Waals surface area contributed by atoms with Gasteiger partial charge in [0.15, 0.2) is 12.4 Å². The number of halogens is 2. The number of carboxylic acids is 1. The van der Waals surface area contributed by atoms with Crippen LogP contribution >= 0.6 is 11.6 Å². The number of carboxylic acid groups (broad SMARTS) is 1. The van der Waals surface area contributed by atoms with Crippen LogP contribution in [-0.2, 0) is 24.3 Å². The highest BCUT2D eigenvalue weighted by molar-refractivity contribution is 6.31. The zero-order valence-corrected chi connectivity index (χ0v) is 40.4. The van der Waals surface area contributed by atoms with Gasteiger partial charge in [0.25, 0.3) is 0 Å². The van der Waals surface area contributed by atoms with Crippen molar-refractivity contribution in [3.05, 3.63) is 169 Å². The first-order chi connectivity index (χ1) is 31.1. The zero-order chi connectivity index (χ0) is 46.5. The number of aromatic nitrogens is 4. The molecule has 0 unspecified atom stereocenters. The first-order valence-corrected chi connectivity index (χ1v) is 23.2. The lowest BCUT2D eigenvalue weighted by Crippen LogP contribution is -3.00. The Morgan fingerprint density at radius 3 is 1.66 bits per heavy atom. The van der Waals surface area contributed by atoms with E-state index in [0.717, 1.165) is 17.9 Å². The average Bonchev–Trinajstić information content (AvgIpc) is 3.83. The number of nitrogens with zero attached hydrogens (tertiary/aromatic N) is 5. The molecule has 354 valence electrons. The van der Waals surface area contributed by atoms with Gasteiger partial charge in [-0.3, -0.25) is 4.79 Å². The van der Waals surface area contributed by atoms with Gasteiger partial charge in [-0.15, -0.1) is 0 Å². The summed E-state index contributed by atoms with van der Waals surface area (Å²) in [7, 11) is 3.95. The van der Waals surface area contributed by atoms with Crippen molar-refractivity contribution < 1.29 is 37.1 Å². The molecule has 0 fully saturated rings. The van der Waals surface area contributed by atoms with E-state index in [-0.39, 0.29) is 30.3 Å². The van der Waals surface area contributed by atoms with E-state index >= 15 is 0 Å². The van der Waals surface area contributed by atoms with Gasteiger partial charge in [-0.1, -0.05) is 156 Å². The Kier molecular flexibility index (Phi) is 33.6. The highest BCUT2D eigenvalue weighted by Crippen LogP contribution is 2.17. The molecule has 0 aliphatic heterocycles. The van der Waals surface area contributed by atoms with Crippen LogP contribution < -0.4 is 27.6 Å². The fourth-order valence-electron chi connectivity index (χ4n) is 6.31. The normalized spacial score (nSPS) is 10.4. The number of aryl methyl sites for hydroxylation is 1. The number of anilines is 1. The molecule has 0 spiro atoms. The lowest BCUT2D eigenvalue weighted by molar-refractivity contribution is -0.697. The molecule has 0 saturated carbocycles. The molecule has 6 rings (SSSR count). The van der Waals surface area contributed by atoms with Crippen molar-refractivity contribution in [2.75, 3.05) is 19.0 Å². The molecule has 1 atom stereocenters. The Bertz CT molecular complexity index is 1950. The maximum absolute atomic E-state index is 10.4. The van der Waals surface area contributed by atoms with Crippen molar-refractivity contribution in [2.45, 2.75) is 122 Å². The van der Waals surface area contributed by atoms with E-state index in [1.165, 1.54) is 126 Å². The second kappa shape index (κ2) is 37.9. The van der Waals surface area contributed by atoms with Crippen molar-refractivity contribution in [3.63, 3.8) is 0 Å². The van der Waals surface area contributed by atoms with E-state index in [1.54, 1.807) is 36.7 Å². The molecule has 3 heterocycles. The summed E-state index contributed by atoms with van der Waals surface area (Å²) in [5.41, 5.74) is 7.42. The van der Waals surface area contributed by atoms with Crippen LogP contribution in [0.4, 0.5) is 5.82 Å². The summed E-state index contributed by atoms with van der Waals surface area (Å²) in [4.78, 5) is 20.5. The smallest absolute Gasteiger partial charge is 0.320 e. The van der Waals surface area contributed by atoms with Crippen molar-refractivity contribution in [1.82, 2.24) is 14.5 Å². The van der Waals surface area contributed by atoms with Gasteiger partial charge >= 0.3 is 5.97 Å². The number of pyridine rings is 2. The molecule has 5 N–H and O–H groups in total. The Balaban J connectivity index is 0.000000425. The van der Waals surface area contributed by atoms with E-state index in [1.807, 2.05) is 67.9 Å². The number of benzene rings is 3. The second-order valence-corrected chi connectivity index (χ2v) is 16.2. The first kappa shape index (κ1) is 57.6. The highest BCUT2D eigenvalue weighted by atomic mass is 35.5. The molecule has 0 amide bonds. The number of phenolic OH excluding ortho intramolecular Hbond substituents is 2. The van der Waals surface area contributed by atoms with E-state index in [4.69, 9.17) is 32.7 Å². The summed E-state index contributed by atoms with van der Waals surface area (Å²) in [6.07, 6.45) is 32.1. The van der Waals surface area contributed by atoms with Gasteiger partial charge in [-0.05, 0) is 66.4 Å². The van der Waals surface area contributed by atoms with Gasteiger partial charge in [0, 0.05) is 62.8 Å². The molecule has 0 bridgehead atoms. The Labute approximate surface area is 400 Å². The van der Waals surface area contributed by atoms with Gasteiger partial charge in [0.05, 0.1) is 6.33 Å². The van der Waals surface area contributed by atoms with Crippen molar-refractivity contribution in [1.29, 1.82) is 0 Å². The summed E-state index contributed by atoms with van der Waals surface area (Å²) in [5, 5.41) is 26.4. The molecule has 3 aromatic heterocycles. The number of aromatic hydroxyl groups is 2. The van der Waals surface area contributed by atoms with Gasteiger partial charge in [-0.2, -0.15) is 0 Å². The standard InChI is InChI=1S/C21H38N.C10H10N2.C9H10ClNO2.C7H10N2.C6H6O2.ClH/c1-2-3-4-5-6-7-8-9-10-11-12-13-14-16-19-22-20-17-15-18-21-22;1-2-4-10(5-3-1)8-12-7-6-11-9-12;10-7-4-2-1-3-6(7)5-8(11)9(12)13;1-9(2)7-5-3-4-6-8-7;7-5-1-2-6(8)4-3-5;/h15,17-18,20-21H,2-14,16,19H2,1H3;1-7,9H,8H2;1-4,8H,5,11H2,(H,12,13);3-6H,1-2H3;1-4,7-8H;1H/q+1;;;;;/p-1/t;;8-;;;/m..0.../s1. The van der Waals surface area contributed by atoms with Gasteiger partial charge in [0.1, 0.15) is 29.9 Å². The van der Waals surface area contributed by atoms with Crippen molar-refractivity contribution in [2.24, 2.45) is 5.73 Å². The van der Waals surface area contributed by atoms with Crippen LogP contribution in [0.2, 0.25) is 5.02 Å². The summed E-state index contributed by atoms with van der Waals surface area (Å²) in [6, 6.07) is 34.4. The molecule has 3 aromatic carbocycles. The summed E-state index contributed by atoms with van der Waals surface area (Å²) < 4.78 is 4.34. The Morgan fingerprint density at radius 2 is 1.20 bits per heavy atom. The maximum atomic E-state index is 10.4. The van der Waals surface area contributed by atoms with Crippen LogP contribution in [0.5, 0.6) is 11.5 Å². The van der Waals surface area contributed by atoms with Crippen LogP contribution in [0.1, 0.15) is 108 Å². The number of hydrogen-bond acceptors (Lipinski definition) is 7. The lowest BCUT2D eigenvalue weighted by atomic mass is 10.0. The topological polar surface area (TPSA) is 142 Å². The van der Waals surface area contributed by atoms with Crippen LogP contribution in [0.15, 0.2) is 153 Å². The molecule has 65 heavy (non-hydrogen) atoms. The number of rotatable bonds is 21. The Morgan fingerprint density at radius 1 is 0.692 bits per heavy atom. The molecule has 0 aliphatic carbocycles. The monoisotopic (exact) mass is 929 g/mol. The third kappa shape index (κ3) is 30.4. The number of nitrogens with two attached hydrogens (primary N) is 1. The van der Waals surface area contributed by atoms with E-state index < -0.39 is 12.0 Å². The second-order valence-electron chi connectivity index (χ2n) is 15.8. The maximum Gasteiger partial charge on any atom is 0.320 e. The van der Waals surface area contributed by atoms with E-state index in [9.17, 15) is 4.79 Å². The molecule has 0 aliphatic rings. The minimum absolute atomic E-state index is 0. The molecular formula is C53H74Cl2N6O4. The van der Waals surface area contributed by atoms with Crippen LogP contribution in [0, 0.1) is 0 Å². The quantitative estimate of drug-likeness (QED) is 0.0319. The molecule has 6 aromatic rings. The molecule has 10 nitrogen and oxygen atoms in total. The molecule has 0 saturated heterocycles. The lowest BCUT2D eigenvalue weighted by Gasteiger charge is -2.08. The van der Waals surface area contributed by atoms with Gasteiger partial charge in [-0.25, -0.2) is 14.5 Å². The zero-order valence-electron chi connectivity index (χ0n) is 38.9. The van der Waals surface area contributed by atoms with Crippen molar-refractivity contribution >= 4 is 23.4 Å². The number of carbonyl (C=O) groups is 1. The Hall–Kier alpha value is -5.42. The van der Waals surface area contributed by atoms with Crippen LogP contribution in [0.25, 0.3) is 0 Å². The molecular weight excluding hydrogens is 856 g/mol. The van der Waals surface area contributed by atoms with Crippen LogP contribution in [-0.4, -0.2) is 56.0 Å². The minimum atomic E-state index is -1.01. The number of unbranched alkanes of at least 4 members (excludes halogenated alkanes) is 13. The summed E-state index contributed by atoms with van der Waals surface area (Å²) >= 11 is 5.82. The number of phenols is 2. The van der Waals surface area contributed by atoms with E-state index in [0.29, 0.717) is 5.02 Å². The molecule has 0 radical (unpaired) electrons. The fraction of sp³-hybridized carbons (Fsp3) is 0.396. The molecule has 12 heteroatoms. The third-order valence-corrected chi connectivity index (χ3v) is 10.4. The first-order valence-electron chi connectivity index (χ1n) is 22.8. The van der Waals surface area contributed by atoms with Crippen LogP contribution in [0.3, 0.4) is 0 Å². The summed E-state index contributed by atoms with van der Waals surface area (Å²) in [6.45, 7) is 4.38. The van der Waals surface area contributed by atoms with Crippen molar-refractivity contribution in [3.8, 4) is 11.5 Å². The summed E-state index contributed by atoms with van der Waals surface area (Å²) in [5.74, 6) is 0.322. The fourth-order valence-corrected chi connectivity index (χ4v) is 6.52.